The fourth-order valence-corrected chi connectivity index (χ4v) is 8.31. The number of unbranched alkanes of at least 4 members (excludes halogenated alkanes) is 22. The van der Waals surface area contributed by atoms with E-state index in [-0.39, 0.29) is 37.5 Å². The molecule has 6 nitrogen and oxygen atoms in total. The van der Waals surface area contributed by atoms with Crippen molar-refractivity contribution in [1.82, 2.24) is 0 Å². The van der Waals surface area contributed by atoms with Crippen molar-refractivity contribution in [3.05, 3.63) is 134 Å². The minimum Gasteiger partial charge on any atom is -0.462 e. The molecule has 0 saturated carbocycles. The normalized spacial score (nSPS) is 13.0. The molecule has 0 aromatic rings. The highest BCUT2D eigenvalue weighted by molar-refractivity contribution is 5.71. The van der Waals surface area contributed by atoms with Gasteiger partial charge in [-0.2, -0.15) is 0 Å². The number of carbonyl (C=O) groups is 3. The molecule has 0 rings (SSSR count). The Labute approximate surface area is 468 Å². The molecule has 0 heterocycles. The van der Waals surface area contributed by atoms with Gasteiger partial charge in [0.2, 0.25) is 0 Å². The van der Waals surface area contributed by atoms with Gasteiger partial charge in [-0.05, 0) is 109 Å². The zero-order valence-corrected chi connectivity index (χ0v) is 49.2. The van der Waals surface area contributed by atoms with Gasteiger partial charge in [-0.3, -0.25) is 14.4 Å². The third-order valence-electron chi connectivity index (χ3n) is 12.9. The minimum absolute atomic E-state index is 0.104. The van der Waals surface area contributed by atoms with Gasteiger partial charge < -0.3 is 14.2 Å². The topological polar surface area (TPSA) is 78.9 Å². The van der Waals surface area contributed by atoms with Gasteiger partial charge in [0.15, 0.2) is 6.10 Å². The molecule has 0 fully saturated rings. The highest BCUT2D eigenvalue weighted by Gasteiger charge is 2.19. The highest BCUT2D eigenvalue weighted by atomic mass is 16.6. The molecule has 430 valence electrons. The quantitative estimate of drug-likeness (QED) is 0.0261. The fraction of sp³-hybridized carbons (Fsp3) is 0.643. The Morgan fingerprint density at radius 1 is 0.276 bits per heavy atom. The number of hydrogen-bond acceptors (Lipinski definition) is 6. The van der Waals surface area contributed by atoms with Crippen LogP contribution in [0.15, 0.2) is 134 Å². The standard InChI is InChI=1S/C70H114O6/c1-4-7-10-13-16-19-22-25-28-31-33-34-35-36-38-39-42-45-48-51-54-57-60-63-69(72)75-66-67(65-74-68(71)62-59-56-53-50-47-44-41-30-27-24-21-18-15-12-9-6-3)76-70(73)64-61-58-55-52-49-46-43-40-37-32-29-26-23-20-17-14-11-8-5-2/h7-8,10-11,16-17,19-20,25-26,28-29,33-34,36-38,40,42,45,51,54,67H,4-6,9,12-15,18,21-24,27,30-32,35,39,41,43-44,46-50,52-53,55-66H2,1-3H3/b10-7-,11-8-,19-16-,20-17-,28-25-,29-26-,34-33-,38-36-,40-37-,45-42-,54-51-. The lowest BCUT2D eigenvalue weighted by atomic mass is 10.0. The summed E-state index contributed by atoms with van der Waals surface area (Å²) in [6, 6.07) is 0. The zero-order valence-electron chi connectivity index (χ0n) is 49.2. The van der Waals surface area contributed by atoms with Crippen molar-refractivity contribution in [2.24, 2.45) is 0 Å². The van der Waals surface area contributed by atoms with E-state index in [1.165, 1.54) is 96.3 Å². The molecule has 0 aromatic heterocycles. The second-order valence-electron chi connectivity index (χ2n) is 20.2. The van der Waals surface area contributed by atoms with Crippen molar-refractivity contribution in [2.75, 3.05) is 13.2 Å². The van der Waals surface area contributed by atoms with Crippen LogP contribution in [0.1, 0.15) is 271 Å². The van der Waals surface area contributed by atoms with Gasteiger partial charge in [-0.15, -0.1) is 0 Å². The van der Waals surface area contributed by atoms with Crippen molar-refractivity contribution in [1.29, 1.82) is 0 Å². The highest BCUT2D eigenvalue weighted by Crippen LogP contribution is 2.15. The van der Waals surface area contributed by atoms with Crippen molar-refractivity contribution < 1.29 is 28.6 Å². The van der Waals surface area contributed by atoms with Gasteiger partial charge in [0, 0.05) is 19.3 Å². The summed E-state index contributed by atoms with van der Waals surface area (Å²) in [7, 11) is 0. The van der Waals surface area contributed by atoms with E-state index >= 15 is 0 Å². The third kappa shape index (κ3) is 60.4. The number of allylic oxidation sites excluding steroid dienone is 22. The number of hydrogen-bond donors (Lipinski definition) is 0. The van der Waals surface area contributed by atoms with Crippen LogP contribution in [0, 0.1) is 0 Å². The zero-order chi connectivity index (χ0) is 55.0. The van der Waals surface area contributed by atoms with Crippen LogP contribution in [-0.2, 0) is 28.6 Å². The van der Waals surface area contributed by atoms with Crippen molar-refractivity contribution in [2.45, 2.75) is 277 Å². The summed E-state index contributed by atoms with van der Waals surface area (Å²) in [5.74, 6) is -0.977. The molecular formula is C70H114O6. The Bertz CT molecular complexity index is 1630. The van der Waals surface area contributed by atoms with Gasteiger partial charge in [0.1, 0.15) is 13.2 Å². The maximum atomic E-state index is 12.9. The SMILES string of the molecule is CC/C=C\C/C=C\C/C=C\C/C=C\C/C=C\C/C=C\C/C=C\CCCC(=O)OCC(COC(=O)CCCCCCCCCCCCCCCCCC)OC(=O)CCCCCCCC/C=C\C/C=C\C/C=C\C/C=C\CC. The number of carbonyl (C=O) groups excluding carboxylic acids is 3. The molecule has 0 aromatic carbocycles. The lowest BCUT2D eigenvalue weighted by Gasteiger charge is -2.18. The third-order valence-corrected chi connectivity index (χ3v) is 12.9. The predicted molar refractivity (Wildman–Crippen MR) is 329 cm³/mol. The molecule has 1 atom stereocenters. The lowest BCUT2D eigenvalue weighted by molar-refractivity contribution is -0.167. The summed E-state index contributed by atoms with van der Waals surface area (Å²) in [6.45, 7) is 6.37. The van der Waals surface area contributed by atoms with E-state index in [1.807, 2.05) is 0 Å². The second-order valence-corrected chi connectivity index (χ2v) is 20.2. The van der Waals surface area contributed by atoms with Crippen LogP contribution in [0.2, 0.25) is 0 Å². The summed E-state index contributed by atoms with van der Waals surface area (Å²) < 4.78 is 16.9. The molecule has 0 radical (unpaired) electrons. The molecule has 6 heteroatoms. The van der Waals surface area contributed by atoms with Gasteiger partial charge in [-0.25, -0.2) is 0 Å². The first kappa shape index (κ1) is 71.5. The van der Waals surface area contributed by atoms with Crippen LogP contribution in [0.25, 0.3) is 0 Å². The van der Waals surface area contributed by atoms with Crippen molar-refractivity contribution >= 4 is 17.9 Å². The van der Waals surface area contributed by atoms with Crippen molar-refractivity contribution in [3.8, 4) is 0 Å². The van der Waals surface area contributed by atoms with E-state index in [1.54, 1.807) is 0 Å². The molecule has 0 aliphatic carbocycles. The molecular weight excluding hydrogens is 937 g/mol. The van der Waals surface area contributed by atoms with Crippen LogP contribution >= 0.6 is 0 Å². The molecule has 0 N–H and O–H groups in total. The number of rotatable bonds is 55. The molecule has 0 spiro atoms. The summed E-state index contributed by atoms with van der Waals surface area (Å²) in [4.78, 5) is 38.3. The molecule has 0 amide bonds. The predicted octanol–water partition coefficient (Wildman–Crippen LogP) is 21.4. The first-order chi connectivity index (χ1) is 37.5. The minimum atomic E-state index is -0.814. The maximum absolute atomic E-state index is 12.9. The molecule has 0 aliphatic heterocycles. The van der Waals surface area contributed by atoms with Gasteiger partial charge in [0.25, 0.3) is 0 Å². The summed E-state index contributed by atoms with van der Waals surface area (Å²) in [5, 5.41) is 0. The van der Waals surface area contributed by atoms with Crippen LogP contribution in [0.5, 0.6) is 0 Å². The van der Waals surface area contributed by atoms with E-state index in [2.05, 4.69) is 154 Å². The second kappa shape index (κ2) is 63.1. The largest absolute Gasteiger partial charge is 0.462 e. The Balaban J connectivity index is 4.52. The lowest BCUT2D eigenvalue weighted by Crippen LogP contribution is -2.30. The Kier molecular flexibility index (Phi) is 59.4. The van der Waals surface area contributed by atoms with Gasteiger partial charge >= 0.3 is 17.9 Å². The van der Waals surface area contributed by atoms with Crippen LogP contribution < -0.4 is 0 Å². The van der Waals surface area contributed by atoms with Crippen LogP contribution in [0.3, 0.4) is 0 Å². The molecule has 1 unspecified atom stereocenters. The molecule has 0 aliphatic rings. The van der Waals surface area contributed by atoms with Gasteiger partial charge in [0.05, 0.1) is 0 Å². The summed E-state index contributed by atoms with van der Waals surface area (Å²) >= 11 is 0. The van der Waals surface area contributed by atoms with Crippen LogP contribution in [0.4, 0.5) is 0 Å². The van der Waals surface area contributed by atoms with E-state index in [0.717, 1.165) is 128 Å². The number of ether oxygens (including phenoxy) is 3. The summed E-state index contributed by atoms with van der Waals surface area (Å²) in [6.07, 6.45) is 88.8. The average Bonchev–Trinajstić information content (AvgIpc) is 3.42. The van der Waals surface area contributed by atoms with E-state index < -0.39 is 6.10 Å². The first-order valence-corrected chi connectivity index (χ1v) is 31.2. The fourth-order valence-electron chi connectivity index (χ4n) is 8.31. The Hall–Kier alpha value is -4.45. The smallest absolute Gasteiger partial charge is 0.306 e. The summed E-state index contributed by atoms with van der Waals surface area (Å²) in [5.41, 5.74) is 0. The van der Waals surface area contributed by atoms with E-state index in [4.69, 9.17) is 14.2 Å². The molecule has 0 saturated heterocycles. The molecule has 0 bridgehead atoms. The maximum Gasteiger partial charge on any atom is 0.306 e. The van der Waals surface area contributed by atoms with Crippen LogP contribution in [-0.4, -0.2) is 37.2 Å². The average molecular weight is 1050 g/mol. The van der Waals surface area contributed by atoms with Crippen molar-refractivity contribution in [3.63, 3.8) is 0 Å². The Morgan fingerprint density at radius 3 is 0.855 bits per heavy atom. The van der Waals surface area contributed by atoms with E-state index in [9.17, 15) is 14.4 Å². The van der Waals surface area contributed by atoms with E-state index in [0.29, 0.717) is 19.3 Å². The number of esters is 3. The molecule has 76 heavy (non-hydrogen) atoms. The monoisotopic (exact) mass is 1050 g/mol. The first-order valence-electron chi connectivity index (χ1n) is 31.2. The van der Waals surface area contributed by atoms with Gasteiger partial charge in [-0.1, -0.05) is 276 Å². The Morgan fingerprint density at radius 2 is 0.526 bits per heavy atom.